The Morgan fingerprint density at radius 3 is 2.56 bits per heavy atom. The van der Waals surface area contributed by atoms with Crippen LogP contribution in [0.1, 0.15) is 25.3 Å². The molecule has 1 aliphatic rings. The summed E-state index contributed by atoms with van der Waals surface area (Å²) < 4.78 is 39.7. The van der Waals surface area contributed by atoms with Crippen molar-refractivity contribution in [3.8, 4) is 0 Å². The standard InChI is InChI=1S/C12H13F3Si/c1-12(5-2-6-16-7-12)8-3-4-9(13)11(15)10(8)14/h3-4H,2,5-7H2,1H3. The normalized spacial score (nSPS) is 25.8. The van der Waals surface area contributed by atoms with Crippen LogP contribution in [0.3, 0.4) is 0 Å². The first-order valence-corrected chi connectivity index (χ1v) is 6.81. The first-order chi connectivity index (χ1) is 7.54. The summed E-state index contributed by atoms with van der Waals surface area (Å²) in [6.07, 6.45) is 1.88. The molecule has 1 aromatic carbocycles. The highest BCUT2D eigenvalue weighted by Crippen LogP contribution is 2.39. The van der Waals surface area contributed by atoms with Gasteiger partial charge in [-0.2, -0.15) is 0 Å². The molecular formula is C12H13F3Si. The van der Waals surface area contributed by atoms with Crippen LogP contribution in [-0.2, 0) is 5.41 Å². The molecule has 1 aliphatic heterocycles. The van der Waals surface area contributed by atoms with Crippen molar-refractivity contribution in [2.45, 2.75) is 37.3 Å². The predicted octanol–water partition coefficient (Wildman–Crippen LogP) is 3.70. The van der Waals surface area contributed by atoms with Crippen LogP contribution in [0.4, 0.5) is 13.2 Å². The summed E-state index contributed by atoms with van der Waals surface area (Å²) in [7, 11) is 0.786. The second-order valence-corrected chi connectivity index (χ2v) is 5.92. The van der Waals surface area contributed by atoms with Gasteiger partial charge in [0.15, 0.2) is 17.5 Å². The zero-order valence-electron chi connectivity index (χ0n) is 9.12. The van der Waals surface area contributed by atoms with Gasteiger partial charge < -0.3 is 0 Å². The van der Waals surface area contributed by atoms with E-state index in [1.54, 1.807) is 0 Å². The second-order valence-electron chi connectivity index (χ2n) is 4.56. The highest BCUT2D eigenvalue weighted by molar-refractivity contribution is 6.36. The monoisotopic (exact) mass is 242 g/mol. The minimum atomic E-state index is -1.34. The van der Waals surface area contributed by atoms with Crippen molar-refractivity contribution in [2.75, 3.05) is 0 Å². The summed E-state index contributed by atoms with van der Waals surface area (Å²) in [6.45, 7) is 1.94. The van der Waals surface area contributed by atoms with E-state index in [1.165, 1.54) is 12.1 Å². The van der Waals surface area contributed by atoms with Gasteiger partial charge >= 0.3 is 0 Å². The van der Waals surface area contributed by atoms with E-state index in [4.69, 9.17) is 0 Å². The maximum Gasteiger partial charge on any atom is 0.194 e. The van der Waals surface area contributed by atoms with Gasteiger partial charge in [0.1, 0.15) is 0 Å². The van der Waals surface area contributed by atoms with Crippen LogP contribution >= 0.6 is 0 Å². The van der Waals surface area contributed by atoms with Crippen LogP contribution in [0.5, 0.6) is 0 Å². The van der Waals surface area contributed by atoms with Crippen molar-refractivity contribution >= 4 is 9.52 Å². The fourth-order valence-electron chi connectivity index (χ4n) is 2.28. The van der Waals surface area contributed by atoms with E-state index in [9.17, 15) is 13.2 Å². The third-order valence-electron chi connectivity index (χ3n) is 3.28. The molecule has 2 radical (unpaired) electrons. The molecule has 1 saturated heterocycles. The van der Waals surface area contributed by atoms with Gasteiger partial charge in [-0.25, -0.2) is 13.2 Å². The Morgan fingerprint density at radius 2 is 1.94 bits per heavy atom. The maximum absolute atomic E-state index is 13.7. The molecule has 2 rings (SSSR count). The summed E-state index contributed by atoms with van der Waals surface area (Å²) in [5.74, 6) is -3.45. The van der Waals surface area contributed by atoms with Crippen molar-refractivity contribution < 1.29 is 13.2 Å². The number of hydrogen-bond donors (Lipinski definition) is 0. The van der Waals surface area contributed by atoms with Gasteiger partial charge in [0.2, 0.25) is 0 Å². The molecule has 0 bridgehead atoms. The molecule has 1 unspecified atom stereocenters. The minimum Gasteiger partial charge on any atom is -0.204 e. The molecule has 1 fully saturated rings. The average molecular weight is 242 g/mol. The Kier molecular flexibility index (Phi) is 3.10. The molecule has 0 amide bonds. The molecule has 0 spiro atoms. The molecule has 4 heteroatoms. The zero-order valence-corrected chi connectivity index (χ0v) is 10.1. The summed E-state index contributed by atoms with van der Waals surface area (Å²) >= 11 is 0. The zero-order chi connectivity index (χ0) is 11.8. The first kappa shape index (κ1) is 11.7. The van der Waals surface area contributed by atoms with Crippen molar-refractivity contribution in [3.63, 3.8) is 0 Å². The van der Waals surface area contributed by atoms with Gasteiger partial charge in [0.05, 0.1) is 0 Å². The third-order valence-corrected chi connectivity index (χ3v) is 5.02. The number of halogens is 3. The molecule has 1 aromatic rings. The van der Waals surface area contributed by atoms with Gasteiger partial charge in [0, 0.05) is 9.52 Å². The van der Waals surface area contributed by atoms with Crippen LogP contribution in [0, 0.1) is 17.5 Å². The van der Waals surface area contributed by atoms with Crippen molar-refractivity contribution in [1.29, 1.82) is 0 Å². The Balaban J connectivity index is 2.43. The van der Waals surface area contributed by atoms with E-state index in [-0.39, 0.29) is 5.41 Å². The van der Waals surface area contributed by atoms with E-state index in [0.717, 1.165) is 34.5 Å². The lowest BCUT2D eigenvalue weighted by Gasteiger charge is -2.34. The van der Waals surface area contributed by atoms with Gasteiger partial charge in [-0.1, -0.05) is 31.5 Å². The highest BCUT2D eigenvalue weighted by atomic mass is 28.2. The Morgan fingerprint density at radius 1 is 1.19 bits per heavy atom. The van der Waals surface area contributed by atoms with Gasteiger partial charge in [-0.05, 0) is 23.5 Å². The highest BCUT2D eigenvalue weighted by Gasteiger charge is 2.33. The van der Waals surface area contributed by atoms with E-state index >= 15 is 0 Å². The smallest absolute Gasteiger partial charge is 0.194 e. The molecule has 1 atom stereocenters. The first-order valence-electron chi connectivity index (χ1n) is 5.39. The third kappa shape index (κ3) is 1.90. The minimum absolute atomic E-state index is 0.324. The van der Waals surface area contributed by atoms with Crippen LogP contribution in [-0.4, -0.2) is 9.52 Å². The summed E-state index contributed by atoms with van der Waals surface area (Å²) in [5.41, 5.74) is 0.00795. The molecule has 0 N–H and O–H groups in total. The molecular weight excluding hydrogens is 229 g/mol. The Labute approximate surface area is 95.7 Å². The lowest BCUT2D eigenvalue weighted by atomic mass is 9.79. The Hall–Kier alpha value is -0.773. The molecule has 0 aromatic heterocycles. The average Bonchev–Trinajstić information content (AvgIpc) is 2.27. The second kappa shape index (κ2) is 4.24. The molecule has 0 aliphatic carbocycles. The summed E-state index contributed by atoms with van der Waals surface area (Å²) in [4.78, 5) is 0. The molecule has 1 heterocycles. The fraction of sp³-hybridized carbons (Fsp3) is 0.500. The molecule has 86 valence electrons. The topological polar surface area (TPSA) is 0 Å². The van der Waals surface area contributed by atoms with Gasteiger partial charge in [-0.15, -0.1) is 0 Å². The van der Waals surface area contributed by atoms with Gasteiger partial charge in [-0.3, -0.25) is 0 Å². The Bertz CT molecular complexity index is 397. The van der Waals surface area contributed by atoms with Crippen molar-refractivity contribution in [3.05, 3.63) is 35.1 Å². The van der Waals surface area contributed by atoms with Gasteiger partial charge in [0.25, 0.3) is 0 Å². The summed E-state index contributed by atoms with van der Waals surface area (Å²) in [5, 5.41) is 0. The van der Waals surface area contributed by atoms with E-state index < -0.39 is 17.5 Å². The van der Waals surface area contributed by atoms with E-state index in [2.05, 4.69) is 0 Å². The summed E-state index contributed by atoms with van der Waals surface area (Å²) in [6, 6.07) is 4.45. The number of hydrogen-bond acceptors (Lipinski definition) is 0. The molecule has 0 saturated carbocycles. The molecule has 0 nitrogen and oxygen atoms in total. The van der Waals surface area contributed by atoms with Crippen LogP contribution < -0.4 is 0 Å². The van der Waals surface area contributed by atoms with Crippen molar-refractivity contribution in [1.82, 2.24) is 0 Å². The number of benzene rings is 1. The van der Waals surface area contributed by atoms with Crippen LogP contribution in [0.15, 0.2) is 12.1 Å². The van der Waals surface area contributed by atoms with E-state index in [0.29, 0.717) is 5.56 Å². The predicted molar refractivity (Wildman–Crippen MR) is 58.3 cm³/mol. The number of rotatable bonds is 1. The quantitative estimate of drug-likeness (QED) is 0.520. The lowest BCUT2D eigenvalue weighted by Crippen LogP contribution is -2.29. The van der Waals surface area contributed by atoms with Crippen LogP contribution in [0.25, 0.3) is 0 Å². The largest absolute Gasteiger partial charge is 0.204 e. The molecule has 16 heavy (non-hydrogen) atoms. The van der Waals surface area contributed by atoms with Crippen LogP contribution in [0.2, 0.25) is 12.1 Å². The fourth-order valence-corrected chi connectivity index (χ4v) is 3.80. The maximum atomic E-state index is 13.7. The lowest BCUT2D eigenvalue weighted by molar-refractivity contribution is 0.393. The SMILES string of the molecule is CC1(c2ccc(F)c(F)c2F)CCC[Si]C1. The van der Waals surface area contributed by atoms with Crippen molar-refractivity contribution in [2.24, 2.45) is 0 Å². The van der Waals surface area contributed by atoms with E-state index in [1.807, 2.05) is 6.92 Å².